The van der Waals surface area contributed by atoms with E-state index < -0.39 is 0 Å². The van der Waals surface area contributed by atoms with Gasteiger partial charge in [-0.25, -0.2) is 0 Å². The highest BCUT2D eigenvalue weighted by atomic mass is 16.3. The van der Waals surface area contributed by atoms with Gasteiger partial charge in [0.2, 0.25) is 0 Å². The Bertz CT molecular complexity index is 391. The molecule has 0 spiro atoms. The number of nitrogens with zero attached hydrogens (tertiary/aromatic N) is 1. The van der Waals surface area contributed by atoms with Gasteiger partial charge in [0, 0.05) is 25.8 Å². The summed E-state index contributed by atoms with van der Waals surface area (Å²) in [5, 5.41) is 8.67. The van der Waals surface area contributed by atoms with Crippen LogP contribution >= 0.6 is 0 Å². The van der Waals surface area contributed by atoms with E-state index in [1.54, 1.807) is 36.2 Å². The molecule has 1 amide bonds. The third-order valence-corrected chi connectivity index (χ3v) is 2.57. The lowest BCUT2D eigenvalue weighted by Crippen LogP contribution is -2.28. The van der Waals surface area contributed by atoms with Crippen LogP contribution in [0.25, 0.3) is 0 Å². The molecular weight excluding hydrogens is 242 g/mol. The molecule has 19 heavy (non-hydrogen) atoms. The summed E-state index contributed by atoms with van der Waals surface area (Å²) in [5.74, 6) is -0.161. The quantitative estimate of drug-likeness (QED) is 0.634. The topological polar surface area (TPSA) is 57.6 Å². The van der Waals surface area contributed by atoms with E-state index in [1.165, 1.54) is 0 Å². The molecule has 0 saturated heterocycles. The van der Waals surface area contributed by atoms with Crippen LogP contribution in [-0.2, 0) is 0 Å². The van der Waals surface area contributed by atoms with E-state index >= 15 is 0 Å². The molecular formula is C15H23NO3. The summed E-state index contributed by atoms with van der Waals surface area (Å²) < 4.78 is 0. The van der Waals surface area contributed by atoms with E-state index in [4.69, 9.17) is 5.11 Å². The van der Waals surface area contributed by atoms with Crippen LogP contribution in [-0.4, -0.2) is 42.4 Å². The Labute approximate surface area is 115 Å². The average molecular weight is 265 g/mol. The van der Waals surface area contributed by atoms with Gasteiger partial charge >= 0.3 is 0 Å². The predicted molar refractivity (Wildman–Crippen MR) is 76.5 cm³/mol. The Morgan fingerprint density at radius 2 is 1.89 bits per heavy atom. The summed E-state index contributed by atoms with van der Waals surface area (Å²) in [6.07, 6.45) is 2.11. The molecule has 0 radical (unpaired) electrons. The van der Waals surface area contributed by atoms with E-state index in [0.29, 0.717) is 30.4 Å². The number of carbonyl (C=O) groups excluding carboxylic acids is 2. The summed E-state index contributed by atoms with van der Waals surface area (Å²) >= 11 is 0. The van der Waals surface area contributed by atoms with Crippen LogP contribution in [0.15, 0.2) is 24.3 Å². The van der Waals surface area contributed by atoms with Gasteiger partial charge in [0.25, 0.3) is 5.91 Å². The molecule has 0 aliphatic carbocycles. The second kappa shape index (κ2) is 10.3. The van der Waals surface area contributed by atoms with Gasteiger partial charge in [0.15, 0.2) is 6.29 Å². The molecule has 0 bridgehead atoms. The van der Waals surface area contributed by atoms with Crippen molar-refractivity contribution in [1.82, 2.24) is 4.90 Å². The second-order valence-corrected chi connectivity index (χ2v) is 3.86. The van der Waals surface area contributed by atoms with Crippen LogP contribution in [0.4, 0.5) is 0 Å². The average Bonchev–Trinajstić information content (AvgIpc) is 2.48. The Morgan fingerprint density at radius 3 is 2.47 bits per heavy atom. The van der Waals surface area contributed by atoms with Crippen molar-refractivity contribution in [3.63, 3.8) is 0 Å². The lowest BCUT2D eigenvalue weighted by Gasteiger charge is -2.17. The molecule has 0 aromatic heterocycles. The normalized spacial score (nSPS) is 9.26. The lowest BCUT2D eigenvalue weighted by atomic mass is 10.1. The van der Waals surface area contributed by atoms with E-state index in [-0.39, 0.29) is 12.5 Å². The zero-order chi connectivity index (χ0) is 14.7. The highest BCUT2D eigenvalue weighted by Gasteiger charge is 2.14. The minimum absolute atomic E-state index is 0.132. The van der Waals surface area contributed by atoms with Crippen LogP contribution in [0, 0.1) is 0 Å². The Hall–Kier alpha value is -1.68. The van der Waals surface area contributed by atoms with Crippen molar-refractivity contribution >= 4 is 12.2 Å². The van der Waals surface area contributed by atoms with Crippen molar-refractivity contribution in [2.75, 3.05) is 20.2 Å². The second-order valence-electron chi connectivity index (χ2n) is 3.86. The highest BCUT2D eigenvalue weighted by Crippen LogP contribution is 2.09. The first-order chi connectivity index (χ1) is 9.20. The van der Waals surface area contributed by atoms with Crippen LogP contribution in [0.1, 0.15) is 47.4 Å². The van der Waals surface area contributed by atoms with Gasteiger partial charge < -0.3 is 10.0 Å². The first-order valence-corrected chi connectivity index (χ1v) is 6.61. The fourth-order valence-corrected chi connectivity index (χ4v) is 1.56. The van der Waals surface area contributed by atoms with Crippen LogP contribution < -0.4 is 0 Å². The third-order valence-electron chi connectivity index (χ3n) is 2.57. The molecule has 0 aliphatic heterocycles. The van der Waals surface area contributed by atoms with Crippen molar-refractivity contribution in [2.45, 2.75) is 26.7 Å². The fraction of sp³-hybridized carbons (Fsp3) is 0.467. The van der Waals surface area contributed by atoms with E-state index in [0.717, 1.165) is 6.42 Å². The molecule has 1 aromatic rings. The molecule has 0 fully saturated rings. The molecule has 1 N–H and O–H groups in total. The van der Waals surface area contributed by atoms with Gasteiger partial charge in [-0.1, -0.05) is 32.0 Å². The molecule has 1 rings (SSSR count). The number of carbonyl (C=O) groups is 2. The highest BCUT2D eigenvalue weighted by molar-refractivity contribution is 6.01. The molecule has 4 nitrogen and oxygen atoms in total. The number of amides is 1. The van der Waals surface area contributed by atoms with Gasteiger partial charge in [-0.15, -0.1) is 0 Å². The molecule has 0 unspecified atom stereocenters. The SMILES string of the molecule is CC.CN(CCCCO)C(=O)c1ccccc1C=O. The smallest absolute Gasteiger partial charge is 0.254 e. The number of hydrogen-bond donors (Lipinski definition) is 1. The Morgan fingerprint density at radius 1 is 1.26 bits per heavy atom. The van der Waals surface area contributed by atoms with Crippen molar-refractivity contribution < 1.29 is 14.7 Å². The Kier molecular flexibility index (Phi) is 9.35. The maximum Gasteiger partial charge on any atom is 0.254 e. The number of benzene rings is 1. The largest absolute Gasteiger partial charge is 0.396 e. The molecule has 0 saturated carbocycles. The first-order valence-electron chi connectivity index (χ1n) is 6.61. The zero-order valence-electron chi connectivity index (χ0n) is 11.9. The fourth-order valence-electron chi connectivity index (χ4n) is 1.56. The molecule has 0 atom stereocenters. The van der Waals surface area contributed by atoms with Gasteiger partial charge in [-0.05, 0) is 18.9 Å². The molecule has 0 aliphatic rings. The van der Waals surface area contributed by atoms with Gasteiger partial charge in [0.1, 0.15) is 0 Å². The summed E-state index contributed by atoms with van der Waals surface area (Å²) in [6, 6.07) is 6.74. The number of unbranched alkanes of at least 4 members (excludes halogenated alkanes) is 1. The number of hydrogen-bond acceptors (Lipinski definition) is 3. The molecule has 1 aromatic carbocycles. The van der Waals surface area contributed by atoms with Gasteiger partial charge in [-0.3, -0.25) is 9.59 Å². The minimum atomic E-state index is -0.161. The van der Waals surface area contributed by atoms with Crippen molar-refractivity contribution in [3.05, 3.63) is 35.4 Å². The molecule has 106 valence electrons. The number of aliphatic hydroxyl groups is 1. The van der Waals surface area contributed by atoms with Crippen molar-refractivity contribution in [1.29, 1.82) is 0 Å². The van der Waals surface area contributed by atoms with Crippen LogP contribution in [0.5, 0.6) is 0 Å². The van der Waals surface area contributed by atoms with Crippen molar-refractivity contribution in [3.8, 4) is 0 Å². The summed E-state index contributed by atoms with van der Waals surface area (Å²) in [7, 11) is 1.70. The zero-order valence-corrected chi connectivity index (χ0v) is 11.9. The van der Waals surface area contributed by atoms with E-state index in [1.807, 2.05) is 13.8 Å². The maximum absolute atomic E-state index is 12.0. The lowest BCUT2D eigenvalue weighted by molar-refractivity contribution is 0.0787. The monoisotopic (exact) mass is 265 g/mol. The summed E-state index contributed by atoms with van der Waals surface area (Å²) in [6.45, 7) is 4.71. The van der Waals surface area contributed by atoms with Gasteiger partial charge in [0.05, 0.1) is 5.56 Å². The molecule has 0 heterocycles. The van der Waals surface area contributed by atoms with E-state index in [9.17, 15) is 9.59 Å². The third kappa shape index (κ3) is 5.66. The summed E-state index contributed by atoms with van der Waals surface area (Å²) in [5.41, 5.74) is 0.834. The minimum Gasteiger partial charge on any atom is -0.396 e. The summed E-state index contributed by atoms with van der Waals surface area (Å²) in [4.78, 5) is 24.4. The maximum atomic E-state index is 12.0. The first kappa shape index (κ1) is 17.3. The number of rotatable bonds is 6. The Balaban J connectivity index is 0.00000154. The van der Waals surface area contributed by atoms with E-state index in [2.05, 4.69) is 0 Å². The standard InChI is InChI=1S/C13H17NO3.C2H6/c1-14(8-4-5-9-15)13(17)12-7-3-2-6-11(12)10-16;1-2/h2-3,6-7,10,15H,4-5,8-9H2,1H3;1-2H3. The van der Waals surface area contributed by atoms with Crippen LogP contribution in [0.2, 0.25) is 0 Å². The molecule has 4 heteroatoms. The van der Waals surface area contributed by atoms with Crippen molar-refractivity contribution in [2.24, 2.45) is 0 Å². The number of aliphatic hydroxyl groups excluding tert-OH is 1. The van der Waals surface area contributed by atoms with Gasteiger partial charge in [-0.2, -0.15) is 0 Å². The predicted octanol–water partition coefficient (Wildman–Crippen LogP) is 2.37. The number of aldehydes is 1. The van der Waals surface area contributed by atoms with Crippen LogP contribution in [0.3, 0.4) is 0 Å².